The molecule has 0 bridgehead atoms. The van der Waals surface area contributed by atoms with Crippen LogP contribution in [0.25, 0.3) is 10.9 Å². The maximum Gasteiger partial charge on any atom is 0.257 e. The van der Waals surface area contributed by atoms with E-state index < -0.39 is 0 Å². The molecule has 1 aliphatic heterocycles. The van der Waals surface area contributed by atoms with Crippen molar-refractivity contribution < 1.29 is 4.79 Å². The van der Waals surface area contributed by atoms with E-state index in [1.54, 1.807) is 0 Å². The number of carbonyl (C=O) groups is 1. The third-order valence-electron chi connectivity index (χ3n) is 4.99. The Hall–Kier alpha value is -2.75. The summed E-state index contributed by atoms with van der Waals surface area (Å²) in [6.07, 6.45) is 5.63. The third kappa shape index (κ3) is 3.00. The first kappa shape index (κ1) is 15.8. The van der Waals surface area contributed by atoms with Crippen molar-refractivity contribution in [3.63, 3.8) is 0 Å². The zero-order valence-electron chi connectivity index (χ0n) is 14.5. The topological polar surface area (TPSA) is 37.3 Å². The van der Waals surface area contributed by atoms with Gasteiger partial charge in [0.1, 0.15) is 0 Å². The van der Waals surface area contributed by atoms with Gasteiger partial charge in [-0.3, -0.25) is 4.79 Å². The molecule has 0 unspecified atom stereocenters. The number of hydrogen-bond donors (Lipinski definition) is 1. The number of benzene rings is 2. The van der Waals surface area contributed by atoms with E-state index in [2.05, 4.69) is 16.3 Å². The van der Waals surface area contributed by atoms with E-state index in [0.29, 0.717) is 5.56 Å². The van der Waals surface area contributed by atoms with E-state index in [1.165, 1.54) is 19.3 Å². The number of amides is 1. The first-order valence-corrected chi connectivity index (χ1v) is 8.93. The minimum Gasteiger partial charge on any atom is -0.370 e. The lowest BCUT2D eigenvalue weighted by molar-refractivity contribution is 0.102. The Morgan fingerprint density at radius 3 is 2.52 bits per heavy atom. The first-order valence-electron chi connectivity index (χ1n) is 8.93. The average Bonchev–Trinajstić information content (AvgIpc) is 3.00. The summed E-state index contributed by atoms with van der Waals surface area (Å²) in [7, 11) is 1.97. The van der Waals surface area contributed by atoms with Crippen molar-refractivity contribution in [2.45, 2.75) is 19.3 Å². The van der Waals surface area contributed by atoms with E-state index in [0.717, 1.165) is 35.4 Å². The van der Waals surface area contributed by atoms with Gasteiger partial charge in [-0.25, -0.2) is 0 Å². The molecule has 0 atom stereocenters. The zero-order chi connectivity index (χ0) is 17.2. The molecular weight excluding hydrogens is 310 g/mol. The zero-order valence-corrected chi connectivity index (χ0v) is 14.5. The normalized spacial score (nSPS) is 14.7. The quantitative estimate of drug-likeness (QED) is 0.770. The van der Waals surface area contributed by atoms with Gasteiger partial charge in [0.25, 0.3) is 5.91 Å². The molecule has 1 aromatic heterocycles. The minimum absolute atomic E-state index is 0.0544. The number of hydrogen-bond acceptors (Lipinski definition) is 2. The number of para-hydroxylation sites is 3. The number of aryl methyl sites for hydroxylation is 1. The highest BCUT2D eigenvalue weighted by atomic mass is 16.1. The Bertz CT molecular complexity index is 906. The fourth-order valence-corrected chi connectivity index (χ4v) is 3.70. The molecule has 25 heavy (non-hydrogen) atoms. The van der Waals surface area contributed by atoms with Gasteiger partial charge in [-0.05, 0) is 37.5 Å². The molecule has 0 radical (unpaired) electrons. The van der Waals surface area contributed by atoms with Crippen molar-refractivity contribution >= 4 is 28.2 Å². The van der Waals surface area contributed by atoms with Crippen molar-refractivity contribution in [2.24, 2.45) is 7.05 Å². The predicted octanol–water partition coefficient (Wildman–Crippen LogP) is 4.42. The van der Waals surface area contributed by atoms with Gasteiger partial charge >= 0.3 is 0 Å². The van der Waals surface area contributed by atoms with E-state index in [-0.39, 0.29) is 5.91 Å². The summed E-state index contributed by atoms with van der Waals surface area (Å²) in [6.45, 7) is 2.11. The number of anilines is 2. The number of piperidine rings is 1. The van der Waals surface area contributed by atoms with Gasteiger partial charge in [0.05, 0.1) is 16.9 Å². The van der Waals surface area contributed by atoms with Gasteiger partial charge in [0.15, 0.2) is 0 Å². The molecule has 0 saturated carbocycles. The molecule has 1 saturated heterocycles. The van der Waals surface area contributed by atoms with Gasteiger partial charge in [-0.15, -0.1) is 0 Å². The lowest BCUT2D eigenvalue weighted by Crippen LogP contribution is -2.30. The van der Waals surface area contributed by atoms with Crippen LogP contribution in [0.4, 0.5) is 11.4 Å². The number of nitrogens with one attached hydrogen (secondary N) is 1. The number of aromatic nitrogens is 1. The highest BCUT2D eigenvalue weighted by Gasteiger charge is 2.18. The molecule has 1 amide bonds. The minimum atomic E-state index is -0.0544. The summed E-state index contributed by atoms with van der Waals surface area (Å²) >= 11 is 0. The summed E-state index contributed by atoms with van der Waals surface area (Å²) in [6, 6.07) is 16.1. The number of carbonyl (C=O) groups excluding carboxylic acids is 1. The second-order valence-electron chi connectivity index (χ2n) is 6.69. The van der Waals surface area contributed by atoms with Gasteiger partial charge in [-0.2, -0.15) is 0 Å². The number of nitrogens with zero attached hydrogens (tertiary/aromatic N) is 2. The molecule has 0 spiro atoms. The van der Waals surface area contributed by atoms with Crippen LogP contribution >= 0.6 is 0 Å². The number of rotatable bonds is 3. The molecule has 4 rings (SSSR count). The molecule has 4 heteroatoms. The summed E-state index contributed by atoms with van der Waals surface area (Å²) in [5.74, 6) is -0.0544. The van der Waals surface area contributed by atoms with Gasteiger partial charge in [-0.1, -0.05) is 30.3 Å². The van der Waals surface area contributed by atoms with Crippen molar-refractivity contribution in [1.29, 1.82) is 0 Å². The van der Waals surface area contributed by atoms with E-state index in [4.69, 9.17) is 0 Å². The van der Waals surface area contributed by atoms with Crippen LogP contribution in [-0.4, -0.2) is 23.6 Å². The smallest absolute Gasteiger partial charge is 0.257 e. The molecule has 1 N–H and O–H groups in total. The SMILES string of the molecule is Cn1cc(C(=O)Nc2ccccc2N2CCCCC2)c2ccccc21. The molecule has 4 nitrogen and oxygen atoms in total. The summed E-state index contributed by atoms with van der Waals surface area (Å²) in [5, 5.41) is 4.12. The highest BCUT2D eigenvalue weighted by Crippen LogP contribution is 2.29. The lowest BCUT2D eigenvalue weighted by Gasteiger charge is -2.30. The Balaban J connectivity index is 1.65. The fraction of sp³-hybridized carbons (Fsp3) is 0.286. The molecule has 1 fully saturated rings. The summed E-state index contributed by atoms with van der Waals surface area (Å²) in [4.78, 5) is 15.3. The van der Waals surface area contributed by atoms with Crippen LogP contribution in [0.1, 0.15) is 29.6 Å². The second kappa shape index (κ2) is 6.63. The second-order valence-corrected chi connectivity index (χ2v) is 6.69. The van der Waals surface area contributed by atoms with Crippen LogP contribution in [0, 0.1) is 0 Å². The maximum absolute atomic E-state index is 12.9. The molecule has 2 heterocycles. The lowest BCUT2D eigenvalue weighted by atomic mass is 10.1. The van der Waals surface area contributed by atoms with Gasteiger partial charge < -0.3 is 14.8 Å². The van der Waals surface area contributed by atoms with E-state index in [9.17, 15) is 4.79 Å². The Morgan fingerprint density at radius 1 is 0.960 bits per heavy atom. The molecular formula is C21H23N3O. The van der Waals surface area contributed by atoms with Crippen molar-refractivity contribution in [3.05, 3.63) is 60.3 Å². The third-order valence-corrected chi connectivity index (χ3v) is 4.99. The molecule has 128 valence electrons. The van der Waals surface area contributed by atoms with Crippen molar-refractivity contribution in [2.75, 3.05) is 23.3 Å². The molecule has 2 aromatic carbocycles. The Labute approximate surface area is 148 Å². The first-order chi connectivity index (χ1) is 12.2. The monoisotopic (exact) mass is 333 g/mol. The van der Waals surface area contributed by atoms with Crippen LogP contribution < -0.4 is 10.2 Å². The predicted molar refractivity (Wildman–Crippen MR) is 103 cm³/mol. The van der Waals surface area contributed by atoms with Gasteiger partial charge in [0.2, 0.25) is 0 Å². The maximum atomic E-state index is 12.9. The van der Waals surface area contributed by atoms with Gasteiger partial charge in [0, 0.05) is 37.2 Å². The average molecular weight is 333 g/mol. The summed E-state index contributed by atoms with van der Waals surface area (Å²) in [5.41, 5.74) is 3.79. The molecule has 3 aromatic rings. The van der Waals surface area contributed by atoms with Crippen LogP contribution in [0.2, 0.25) is 0 Å². The standard InChI is InChI=1S/C21H23N3O/c1-23-15-17(16-9-3-5-11-19(16)23)21(25)22-18-10-4-6-12-20(18)24-13-7-2-8-14-24/h3-6,9-12,15H,2,7-8,13-14H2,1H3,(H,22,25). The fourth-order valence-electron chi connectivity index (χ4n) is 3.70. The van der Waals surface area contributed by atoms with Crippen molar-refractivity contribution in [1.82, 2.24) is 4.57 Å². The summed E-state index contributed by atoms with van der Waals surface area (Å²) < 4.78 is 2.00. The van der Waals surface area contributed by atoms with Crippen molar-refractivity contribution in [3.8, 4) is 0 Å². The largest absolute Gasteiger partial charge is 0.370 e. The van der Waals surface area contributed by atoms with E-state index in [1.807, 2.05) is 60.3 Å². The molecule has 0 aliphatic carbocycles. The van der Waals surface area contributed by atoms with Crippen LogP contribution in [-0.2, 0) is 7.05 Å². The van der Waals surface area contributed by atoms with Crippen LogP contribution in [0.5, 0.6) is 0 Å². The van der Waals surface area contributed by atoms with E-state index >= 15 is 0 Å². The van der Waals surface area contributed by atoms with Crippen LogP contribution in [0.3, 0.4) is 0 Å². The molecule has 1 aliphatic rings. The van der Waals surface area contributed by atoms with Crippen LogP contribution in [0.15, 0.2) is 54.7 Å². The highest BCUT2D eigenvalue weighted by molar-refractivity contribution is 6.13. The Kier molecular flexibility index (Phi) is 4.18. The Morgan fingerprint density at radius 2 is 1.68 bits per heavy atom. The number of fused-ring (bicyclic) bond motifs is 1.